The van der Waals surface area contributed by atoms with Gasteiger partial charge in [-0.25, -0.2) is 0 Å². The van der Waals surface area contributed by atoms with E-state index in [0.29, 0.717) is 0 Å². The van der Waals surface area contributed by atoms with E-state index in [2.05, 4.69) is 4.74 Å². The minimum Gasteiger partial charge on any atom is -0.484 e. The quantitative estimate of drug-likeness (QED) is 0.891. The van der Waals surface area contributed by atoms with Crippen LogP contribution in [-0.2, 0) is 4.79 Å². The summed E-state index contributed by atoms with van der Waals surface area (Å²) in [7, 11) is 0. The number of para-hydroxylation sites is 1. The van der Waals surface area contributed by atoms with Crippen molar-refractivity contribution in [3.63, 3.8) is 0 Å². The number of alkyl halides is 3. The van der Waals surface area contributed by atoms with Crippen molar-refractivity contribution in [2.24, 2.45) is 0 Å². The van der Waals surface area contributed by atoms with Crippen LogP contribution in [0.5, 0.6) is 5.75 Å². The Bertz CT molecular complexity index is 401. The molecule has 1 atom stereocenters. The standard InChI is InChI=1S/C11H11F3O3/c1-7(10(15)16)8-4-2-3-5-9(8)17-6-11(12,13)14/h2-5,7H,6H2,1H3,(H,15,16). The van der Waals surface area contributed by atoms with E-state index >= 15 is 0 Å². The molecular weight excluding hydrogens is 237 g/mol. The molecule has 3 nitrogen and oxygen atoms in total. The zero-order chi connectivity index (χ0) is 13.1. The van der Waals surface area contributed by atoms with Gasteiger partial charge in [-0.15, -0.1) is 0 Å². The van der Waals surface area contributed by atoms with Crippen LogP contribution in [0.3, 0.4) is 0 Å². The van der Waals surface area contributed by atoms with Gasteiger partial charge >= 0.3 is 12.1 Å². The zero-order valence-electron chi connectivity index (χ0n) is 8.99. The third kappa shape index (κ3) is 3.97. The minimum atomic E-state index is -4.44. The lowest BCUT2D eigenvalue weighted by Crippen LogP contribution is -2.20. The smallest absolute Gasteiger partial charge is 0.422 e. The summed E-state index contributed by atoms with van der Waals surface area (Å²) >= 11 is 0. The molecule has 0 aliphatic carbocycles. The predicted octanol–water partition coefficient (Wildman–Crippen LogP) is 2.82. The molecular formula is C11H11F3O3. The Morgan fingerprint density at radius 1 is 1.41 bits per heavy atom. The third-order valence-corrected chi connectivity index (χ3v) is 2.15. The highest BCUT2D eigenvalue weighted by Gasteiger charge is 2.29. The summed E-state index contributed by atoms with van der Waals surface area (Å²) < 4.78 is 40.6. The summed E-state index contributed by atoms with van der Waals surface area (Å²) in [6.45, 7) is -0.0472. The summed E-state index contributed by atoms with van der Waals surface area (Å²) in [4.78, 5) is 10.8. The molecule has 17 heavy (non-hydrogen) atoms. The first-order chi connectivity index (χ1) is 7.81. The van der Waals surface area contributed by atoms with Gasteiger partial charge in [0, 0.05) is 5.56 Å². The number of benzene rings is 1. The Kier molecular flexibility index (Phi) is 3.98. The van der Waals surface area contributed by atoms with E-state index in [4.69, 9.17) is 5.11 Å². The van der Waals surface area contributed by atoms with Crippen LogP contribution in [0.4, 0.5) is 13.2 Å². The third-order valence-electron chi connectivity index (χ3n) is 2.15. The molecule has 0 bridgehead atoms. The van der Waals surface area contributed by atoms with Gasteiger partial charge in [0.15, 0.2) is 6.61 Å². The normalized spacial score (nSPS) is 13.2. The van der Waals surface area contributed by atoms with E-state index in [1.807, 2.05) is 0 Å². The Hall–Kier alpha value is -1.72. The van der Waals surface area contributed by atoms with E-state index in [-0.39, 0.29) is 11.3 Å². The molecule has 94 valence electrons. The molecule has 0 aliphatic heterocycles. The number of halogens is 3. The first kappa shape index (κ1) is 13.3. The molecule has 0 spiro atoms. The summed E-state index contributed by atoms with van der Waals surface area (Å²) in [6, 6.07) is 5.80. The van der Waals surface area contributed by atoms with Crippen LogP contribution >= 0.6 is 0 Å². The van der Waals surface area contributed by atoms with Crippen LogP contribution in [0, 0.1) is 0 Å². The first-order valence-electron chi connectivity index (χ1n) is 4.82. The molecule has 1 aromatic rings. The maximum Gasteiger partial charge on any atom is 0.422 e. The van der Waals surface area contributed by atoms with Crippen LogP contribution in [0.2, 0.25) is 0 Å². The van der Waals surface area contributed by atoms with E-state index in [0.717, 1.165) is 0 Å². The van der Waals surface area contributed by atoms with Crippen LogP contribution < -0.4 is 4.74 Å². The molecule has 0 amide bonds. The van der Waals surface area contributed by atoms with Crippen molar-refractivity contribution in [3.8, 4) is 5.75 Å². The Morgan fingerprint density at radius 2 is 2.00 bits per heavy atom. The number of ether oxygens (including phenoxy) is 1. The Balaban J connectivity index is 2.89. The van der Waals surface area contributed by atoms with Crippen molar-refractivity contribution in [2.45, 2.75) is 19.0 Å². The van der Waals surface area contributed by atoms with Crippen LogP contribution in [0.25, 0.3) is 0 Å². The van der Waals surface area contributed by atoms with Gasteiger partial charge < -0.3 is 9.84 Å². The fourth-order valence-corrected chi connectivity index (χ4v) is 1.26. The summed E-state index contributed by atoms with van der Waals surface area (Å²) in [5.74, 6) is -2.09. The molecule has 6 heteroatoms. The van der Waals surface area contributed by atoms with Crippen molar-refractivity contribution in [2.75, 3.05) is 6.61 Å². The first-order valence-corrected chi connectivity index (χ1v) is 4.82. The van der Waals surface area contributed by atoms with Crippen LogP contribution in [0.1, 0.15) is 18.4 Å². The van der Waals surface area contributed by atoms with E-state index in [1.54, 1.807) is 6.07 Å². The number of carboxylic acid groups (broad SMARTS) is 1. The SMILES string of the molecule is CC(C(=O)O)c1ccccc1OCC(F)(F)F. The highest BCUT2D eigenvalue weighted by atomic mass is 19.4. The molecule has 0 fully saturated rings. The number of aliphatic carboxylic acids is 1. The van der Waals surface area contributed by atoms with Gasteiger partial charge in [-0.2, -0.15) is 13.2 Å². The minimum absolute atomic E-state index is 0.0558. The second kappa shape index (κ2) is 5.07. The van der Waals surface area contributed by atoms with Gasteiger partial charge in [0.1, 0.15) is 5.75 Å². The zero-order valence-corrected chi connectivity index (χ0v) is 8.99. The van der Waals surface area contributed by atoms with Crippen LogP contribution in [-0.4, -0.2) is 23.9 Å². The van der Waals surface area contributed by atoms with Gasteiger partial charge in [0.05, 0.1) is 5.92 Å². The fraction of sp³-hybridized carbons (Fsp3) is 0.364. The Morgan fingerprint density at radius 3 is 2.53 bits per heavy atom. The molecule has 0 aliphatic rings. The average Bonchev–Trinajstić information content (AvgIpc) is 2.24. The summed E-state index contributed by atoms with van der Waals surface area (Å²) in [5, 5.41) is 8.81. The lowest BCUT2D eigenvalue weighted by Gasteiger charge is -2.15. The predicted molar refractivity (Wildman–Crippen MR) is 54.0 cm³/mol. The second-order valence-corrected chi connectivity index (χ2v) is 3.50. The molecule has 1 rings (SSSR count). The van der Waals surface area contributed by atoms with E-state index < -0.39 is 24.7 Å². The largest absolute Gasteiger partial charge is 0.484 e. The maximum absolute atomic E-state index is 12.0. The average molecular weight is 248 g/mol. The van der Waals surface area contributed by atoms with Crippen molar-refractivity contribution < 1.29 is 27.8 Å². The highest BCUT2D eigenvalue weighted by Crippen LogP contribution is 2.28. The van der Waals surface area contributed by atoms with Crippen molar-refractivity contribution in [1.29, 1.82) is 0 Å². The van der Waals surface area contributed by atoms with Crippen molar-refractivity contribution >= 4 is 5.97 Å². The summed E-state index contributed by atoms with van der Waals surface area (Å²) in [5.41, 5.74) is 0.226. The van der Waals surface area contributed by atoms with E-state index in [9.17, 15) is 18.0 Å². The lowest BCUT2D eigenvalue weighted by molar-refractivity contribution is -0.153. The van der Waals surface area contributed by atoms with Crippen molar-refractivity contribution in [3.05, 3.63) is 29.8 Å². The molecule has 0 saturated carbocycles. The molecule has 1 N–H and O–H groups in total. The number of hydrogen-bond acceptors (Lipinski definition) is 2. The maximum atomic E-state index is 12.0. The highest BCUT2D eigenvalue weighted by molar-refractivity contribution is 5.76. The number of rotatable bonds is 4. The number of carbonyl (C=O) groups is 1. The van der Waals surface area contributed by atoms with Gasteiger partial charge in [-0.1, -0.05) is 18.2 Å². The molecule has 0 saturated heterocycles. The molecule has 0 radical (unpaired) electrons. The second-order valence-electron chi connectivity index (χ2n) is 3.50. The Labute approximate surface area is 95.8 Å². The van der Waals surface area contributed by atoms with Gasteiger partial charge in [-0.05, 0) is 13.0 Å². The fourth-order valence-electron chi connectivity index (χ4n) is 1.26. The van der Waals surface area contributed by atoms with Gasteiger partial charge in [0.25, 0.3) is 0 Å². The molecule has 1 unspecified atom stereocenters. The van der Waals surface area contributed by atoms with E-state index in [1.165, 1.54) is 25.1 Å². The van der Waals surface area contributed by atoms with Crippen LogP contribution in [0.15, 0.2) is 24.3 Å². The topological polar surface area (TPSA) is 46.5 Å². The molecule has 0 aromatic heterocycles. The molecule has 0 heterocycles. The summed E-state index contributed by atoms with van der Waals surface area (Å²) in [6.07, 6.45) is -4.44. The lowest BCUT2D eigenvalue weighted by atomic mass is 10.0. The van der Waals surface area contributed by atoms with Crippen molar-refractivity contribution in [1.82, 2.24) is 0 Å². The van der Waals surface area contributed by atoms with Gasteiger partial charge in [-0.3, -0.25) is 4.79 Å². The molecule has 1 aromatic carbocycles. The monoisotopic (exact) mass is 248 g/mol. The number of hydrogen-bond donors (Lipinski definition) is 1. The van der Waals surface area contributed by atoms with Gasteiger partial charge in [0.2, 0.25) is 0 Å². The number of carboxylic acids is 1.